The molecule has 0 saturated heterocycles. The molecule has 0 fully saturated rings. The predicted molar refractivity (Wildman–Crippen MR) is 79.2 cm³/mol. The Bertz CT molecular complexity index is 744. The van der Waals surface area contributed by atoms with Crippen molar-refractivity contribution in [3.63, 3.8) is 0 Å². The first-order valence-corrected chi connectivity index (χ1v) is 7.30. The van der Waals surface area contributed by atoms with Gasteiger partial charge >= 0.3 is 6.18 Å². The summed E-state index contributed by atoms with van der Waals surface area (Å²) in [6.45, 7) is 0.922. The third-order valence-corrected chi connectivity index (χ3v) is 3.71. The van der Waals surface area contributed by atoms with Crippen LogP contribution >= 0.6 is 0 Å². The van der Waals surface area contributed by atoms with E-state index in [9.17, 15) is 18.0 Å². The summed E-state index contributed by atoms with van der Waals surface area (Å²) in [4.78, 5) is 13.8. The van der Waals surface area contributed by atoms with Crippen LogP contribution < -0.4 is 10.2 Å². The number of tetrazole rings is 1. The number of carbonyl (C=O) groups is 1. The molecule has 1 aliphatic rings. The number of hydrogen-bond acceptors (Lipinski definition) is 5. The van der Waals surface area contributed by atoms with E-state index in [1.54, 1.807) is 36.1 Å². The third-order valence-electron chi connectivity index (χ3n) is 3.71. The number of fused-ring (bicyclic) bond motifs is 1. The maximum atomic E-state index is 12.6. The van der Waals surface area contributed by atoms with E-state index in [1.165, 1.54) is 0 Å². The number of hydrogen-bond donors (Lipinski definition) is 1. The van der Waals surface area contributed by atoms with E-state index in [2.05, 4.69) is 20.8 Å². The van der Waals surface area contributed by atoms with Gasteiger partial charge in [0.05, 0.1) is 23.8 Å². The van der Waals surface area contributed by atoms with Gasteiger partial charge in [0.25, 0.3) is 0 Å². The zero-order chi connectivity index (χ0) is 17.3. The molecule has 1 amide bonds. The van der Waals surface area contributed by atoms with Crippen molar-refractivity contribution in [3.8, 4) is 0 Å². The van der Waals surface area contributed by atoms with Crippen molar-refractivity contribution in [1.82, 2.24) is 20.2 Å². The highest BCUT2D eigenvalue weighted by atomic mass is 19.4. The van der Waals surface area contributed by atoms with Crippen LogP contribution in [0.4, 0.5) is 24.5 Å². The second-order valence-corrected chi connectivity index (χ2v) is 5.66. The summed E-state index contributed by atoms with van der Waals surface area (Å²) in [5.74, 6) is -0.382. The number of anilines is 2. The highest BCUT2D eigenvalue weighted by molar-refractivity contribution is 5.97. The molecule has 1 atom stereocenters. The van der Waals surface area contributed by atoms with Crippen LogP contribution in [-0.4, -0.2) is 38.8 Å². The fourth-order valence-corrected chi connectivity index (χ4v) is 2.57. The molecule has 0 aliphatic carbocycles. The maximum Gasteiger partial charge on any atom is 0.408 e. The molecule has 3 rings (SSSR count). The van der Waals surface area contributed by atoms with Crippen molar-refractivity contribution in [1.29, 1.82) is 0 Å². The van der Waals surface area contributed by atoms with E-state index in [-0.39, 0.29) is 24.2 Å². The summed E-state index contributed by atoms with van der Waals surface area (Å²) in [5, 5.41) is 13.3. The molecule has 24 heavy (non-hydrogen) atoms. The molecule has 1 N–H and O–H groups in total. The van der Waals surface area contributed by atoms with E-state index in [0.717, 1.165) is 10.4 Å². The minimum absolute atomic E-state index is 0.0688. The molecule has 1 aromatic heterocycles. The maximum absolute atomic E-state index is 12.6. The second-order valence-electron chi connectivity index (χ2n) is 5.66. The fourth-order valence-electron chi connectivity index (χ4n) is 2.57. The number of benzene rings is 1. The van der Waals surface area contributed by atoms with Crippen molar-refractivity contribution in [2.75, 3.05) is 16.8 Å². The predicted octanol–water partition coefficient (Wildman–Crippen LogP) is 1.83. The lowest BCUT2D eigenvalue weighted by atomic mass is 10.1. The molecule has 0 spiro atoms. The molecule has 2 aromatic rings. The number of rotatable bonds is 3. The number of aromatic nitrogens is 4. The topological polar surface area (TPSA) is 75.9 Å². The molecular formula is C14H15F3N6O. The Kier molecular flexibility index (Phi) is 4.12. The van der Waals surface area contributed by atoms with Gasteiger partial charge in [0.2, 0.25) is 5.91 Å². The molecule has 1 aliphatic heterocycles. The fraction of sp³-hybridized carbons (Fsp3) is 0.429. The summed E-state index contributed by atoms with van der Waals surface area (Å²) in [6.07, 6.45) is -4.41. The summed E-state index contributed by atoms with van der Waals surface area (Å²) in [7, 11) is 0. The summed E-state index contributed by atoms with van der Waals surface area (Å²) >= 11 is 0. The van der Waals surface area contributed by atoms with Crippen molar-refractivity contribution in [3.05, 3.63) is 30.1 Å². The molecule has 1 aromatic carbocycles. The van der Waals surface area contributed by atoms with Gasteiger partial charge in [0, 0.05) is 6.54 Å². The molecule has 1 unspecified atom stereocenters. The zero-order valence-electron chi connectivity index (χ0n) is 12.8. The normalized spacial score (nSPS) is 18.1. The number of para-hydroxylation sites is 2. The van der Waals surface area contributed by atoms with Gasteiger partial charge in [-0.2, -0.15) is 13.2 Å². The van der Waals surface area contributed by atoms with Crippen LogP contribution in [0.2, 0.25) is 0 Å². The van der Waals surface area contributed by atoms with Crippen LogP contribution in [0, 0.1) is 5.92 Å². The standard InChI is InChI=1S/C14H15F3N6O/c1-9-6-22(11-5-3-2-4-10(11)18-13(9)24)7-12-19-20-21-23(12)8-14(15,16)17/h2-5,9H,6-8H2,1H3,(H,18,24). The van der Waals surface area contributed by atoms with Crippen LogP contribution in [0.15, 0.2) is 24.3 Å². The Labute approximate surface area is 135 Å². The van der Waals surface area contributed by atoms with E-state index < -0.39 is 12.7 Å². The average Bonchev–Trinajstić information content (AvgIpc) is 2.87. The van der Waals surface area contributed by atoms with Gasteiger partial charge in [-0.05, 0) is 22.6 Å². The van der Waals surface area contributed by atoms with Crippen molar-refractivity contribution < 1.29 is 18.0 Å². The molecular weight excluding hydrogens is 325 g/mol. The van der Waals surface area contributed by atoms with Crippen LogP contribution in [0.5, 0.6) is 0 Å². The first kappa shape index (κ1) is 16.2. The number of alkyl halides is 3. The van der Waals surface area contributed by atoms with Gasteiger partial charge in [-0.25, -0.2) is 4.68 Å². The Morgan fingerprint density at radius 2 is 2.08 bits per heavy atom. The summed E-state index contributed by atoms with van der Waals surface area (Å²) in [5.41, 5.74) is 1.33. The van der Waals surface area contributed by atoms with Crippen LogP contribution in [-0.2, 0) is 17.9 Å². The van der Waals surface area contributed by atoms with Crippen molar-refractivity contribution >= 4 is 17.3 Å². The van der Waals surface area contributed by atoms with Gasteiger partial charge in [0.15, 0.2) is 5.82 Å². The first-order valence-electron chi connectivity index (χ1n) is 7.30. The number of nitrogens with one attached hydrogen (secondary N) is 1. The smallest absolute Gasteiger partial charge is 0.361 e. The molecule has 10 heteroatoms. The quantitative estimate of drug-likeness (QED) is 0.923. The van der Waals surface area contributed by atoms with E-state index in [1.807, 2.05) is 0 Å². The SMILES string of the molecule is CC1CN(Cc2nnnn2CC(F)(F)F)c2ccccc2NC1=O. The number of carbonyl (C=O) groups excluding carboxylic acids is 1. The molecule has 0 radical (unpaired) electrons. The monoisotopic (exact) mass is 340 g/mol. The Morgan fingerprint density at radius 1 is 1.33 bits per heavy atom. The molecule has 0 saturated carbocycles. The minimum atomic E-state index is -4.41. The lowest BCUT2D eigenvalue weighted by Gasteiger charge is -2.25. The van der Waals surface area contributed by atoms with Crippen LogP contribution in [0.25, 0.3) is 0 Å². The van der Waals surface area contributed by atoms with E-state index >= 15 is 0 Å². The lowest BCUT2D eigenvalue weighted by Crippen LogP contribution is -2.32. The third kappa shape index (κ3) is 3.47. The van der Waals surface area contributed by atoms with Gasteiger partial charge < -0.3 is 10.2 Å². The van der Waals surface area contributed by atoms with Crippen molar-refractivity contribution in [2.24, 2.45) is 5.92 Å². The Hall–Kier alpha value is -2.65. The second kappa shape index (κ2) is 6.10. The summed E-state index contributed by atoms with van der Waals surface area (Å²) in [6, 6.07) is 7.12. The van der Waals surface area contributed by atoms with Gasteiger partial charge in [-0.1, -0.05) is 19.1 Å². The van der Waals surface area contributed by atoms with Gasteiger partial charge in [0.1, 0.15) is 6.54 Å². The molecule has 2 heterocycles. The van der Waals surface area contributed by atoms with E-state index in [0.29, 0.717) is 12.2 Å². The molecule has 7 nitrogen and oxygen atoms in total. The highest BCUT2D eigenvalue weighted by Gasteiger charge is 2.31. The molecule has 128 valence electrons. The van der Waals surface area contributed by atoms with Crippen LogP contribution in [0.3, 0.4) is 0 Å². The zero-order valence-corrected chi connectivity index (χ0v) is 12.8. The summed E-state index contributed by atoms with van der Waals surface area (Å²) < 4.78 is 38.6. The number of nitrogens with zero attached hydrogens (tertiary/aromatic N) is 5. The minimum Gasteiger partial charge on any atom is -0.361 e. The largest absolute Gasteiger partial charge is 0.408 e. The van der Waals surface area contributed by atoms with Crippen LogP contribution in [0.1, 0.15) is 12.7 Å². The van der Waals surface area contributed by atoms with Crippen molar-refractivity contribution in [2.45, 2.75) is 26.2 Å². The van der Waals surface area contributed by atoms with Gasteiger partial charge in [-0.3, -0.25) is 4.79 Å². The van der Waals surface area contributed by atoms with E-state index in [4.69, 9.17) is 0 Å². The first-order chi connectivity index (χ1) is 11.3. The Morgan fingerprint density at radius 3 is 2.83 bits per heavy atom. The Balaban J connectivity index is 1.90. The highest BCUT2D eigenvalue weighted by Crippen LogP contribution is 2.30. The number of halogens is 3. The lowest BCUT2D eigenvalue weighted by molar-refractivity contribution is -0.143. The molecule has 0 bridgehead atoms. The average molecular weight is 340 g/mol. The number of amides is 1. The van der Waals surface area contributed by atoms with Gasteiger partial charge in [-0.15, -0.1) is 5.10 Å².